The Hall–Kier alpha value is -2.24. The van der Waals surface area contributed by atoms with E-state index in [0.717, 1.165) is 51.4 Å². The van der Waals surface area contributed by atoms with Crippen molar-refractivity contribution in [3.63, 3.8) is 0 Å². The second kappa shape index (κ2) is 12.2. The molecule has 0 aliphatic carbocycles. The second-order valence-corrected chi connectivity index (χ2v) is 6.25. The molecule has 0 bridgehead atoms. The summed E-state index contributed by atoms with van der Waals surface area (Å²) in [5.41, 5.74) is -0.150. The fourth-order valence-corrected chi connectivity index (χ4v) is 2.59. The molecule has 0 aliphatic heterocycles. The van der Waals surface area contributed by atoms with Crippen LogP contribution in [0.2, 0.25) is 0 Å². The maximum Gasteiger partial charge on any atom is 0.339 e. The van der Waals surface area contributed by atoms with E-state index < -0.39 is 11.9 Å². The van der Waals surface area contributed by atoms with Crippen molar-refractivity contribution in [1.82, 2.24) is 0 Å². The molecule has 1 aromatic carbocycles. The molecular formula is C20H30O6. The van der Waals surface area contributed by atoms with Crippen molar-refractivity contribution >= 4 is 11.9 Å². The average Bonchev–Trinajstić information content (AvgIpc) is 2.61. The molecule has 0 spiro atoms. The Morgan fingerprint density at radius 1 is 0.731 bits per heavy atom. The van der Waals surface area contributed by atoms with Crippen LogP contribution in [0.3, 0.4) is 0 Å². The van der Waals surface area contributed by atoms with E-state index in [2.05, 4.69) is 13.8 Å². The predicted octanol–water partition coefficient (Wildman–Crippen LogP) is 5.00. The molecule has 0 aliphatic rings. The maximum absolute atomic E-state index is 11.5. The smallest absolute Gasteiger partial charge is 0.339 e. The first-order valence-electron chi connectivity index (χ1n) is 9.42. The molecule has 146 valence electrons. The van der Waals surface area contributed by atoms with Gasteiger partial charge in [-0.2, -0.15) is 0 Å². The van der Waals surface area contributed by atoms with Crippen LogP contribution in [0.5, 0.6) is 11.5 Å². The van der Waals surface area contributed by atoms with Gasteiger partial charge in [0, 0.05) is 0 Å². The number of ether oxygens (including phenoxy) is 2. The monoisotopic (exact) mass is 366 g/mol. The van der Waals surface area contributed by atoms with Crippen LogP contribution in [0.25, 0.3) is 0 Å². The van der Waals surface area contributed by atoms with Crippen molar-refractivity contribution in [2.45, 2.75) is 65.2 Å². The number of hydrogen-bond donors (Lipinski definition) is 2. The summed E-state index contributed by atoms with van der Waals surface area (Å²) in [6.45, 7) is 4.86. The van der Waals surface area contributed by atoms with Crippen LogP contribution >= 0.6 is 0 Å². The molecule has 1 aromatic rings. The molecule has 0 saturated carbocycles. The molecular weight excluding hydrogens is 336 g/mol. The minimum absolute atomic E-state index is 0.0180. The van der Waals surface area contributed by atoms with E-state index in [1.807, 2.05) is 0 Å². The van der Waals surface area contributed by atoms with E-state index in [4.69, 9.17) is 9.47 Å². The first-order valence-corrected chi connectivity index (χ1v) is 9.42. The van der Waals surface area contributed by atoms with Crippen molar-refractivity contribution in [3.05, 3.63) is 23.3 Å². The van der Waals surface area contributed by atoms with Crippen LogP contribution in [0.15, 0.2) is 12.1 Å². The molecule has 0 amide bonds. The summed E-state index contributed by atoms with van der Waals surface area (Å²) in [4.78, 5) is 23.0. The van der Waals surface area contributed by atoms with Crippen molar-refractivity contribution in [1.29, 1.82) is 0 Å². The number of carboxylic acids is 2. The van der Waals surface area contributed by atoms with Gasteiger partial charge in [-0.1, -0.05) is 52.4 Å². The van der Waals surface area contributed by atoms with Crippen LogP contribution < -0.4 is 9.47 Å². The molecule has 0 atom stereocenters. The average molecular weight is 366 g/mol. The van der Waals surface area contributed by atoms with E-state index in [0.29, 0.717) is 13.2 Å². The van der Waals surface area contributed by atoms with E-state index in [1.54, 1.807) is 0 Å². The molecule has 0 fully saturated rings. The molecule has 6 nitrogen and oxygen atoms in total. The molecule has 26 heavy (non-hydrogen) atoms. The number of carboxylic acid groups (broad SMARTS) is 2. The number of hydrogen-bond acceptors (Lipinski definition) is 4. The van der Waals surface area contributed by atoms with E-state index in [1.165, 1.54) is 12.1 Å². The van der Waals surface area contributed by atoms with Crippen molar-refractivity contribution in [2.24, 2.45) is 0 Å². The Bertz CT molecular complexity index is 531. The van der Waals surface area contributed by atoms with Crippen molar-refractivity contribution in [2.75, 3.05) is 13.2 Å². The van der Waals surface area contributed by atoms with Gasteiger partial charge in [-0.3, -0.25) is 0 Å². The topological polar surface area (TPSA) is 93.1 Å². The van der Waals surface area contributed by atoms with Gasteiger partial charge in [0.2, 0.25) is 0 Å². The summed E-state index contributed by atoms with van der Waals surface area (Å²) >= 11 is 0. The van der Waals surface area contributed by atoms with Gasteiger partial charge in [-0.15, -0.1) is 0 Å². The van der Waals surface area contributed by atoms with Gasteiger partial charge < -0.3 is 19.7 Å². The van der Waals surface area contributed by atoms with Gasteiger partial charge in [-0.05, 0) is 25.0 Å². The fraction of sp³-hybridized carbons (Fsp3) is 0.600. The van der Waals surface area contributed by atoms with Crippen molar-refractivity contribution in [3.8, 4) is 11.5 Å². The largest absolute Gasteiger partial charge is 0.489 e. The summed E-state index contributed by atoms with van der Waals surface area (Å²) in [5.74, 6) is -2.29. The Balaban J connectivity index is 2.99. The lowest BCUT2D eigenvalue weighted by Gasteiger charge is -2.17. The highest BCUT2D eigenvalue weighted by Crippen LogP contribution is 2.36. The predicted molar refractivity (Wildman–Crippen MR) is 99.6 cm³/mol. The fourth-order valence-electron chi connectivity index (χ4n) is 2.59. The van der Waals surface area contributed by atoms with Gasteiger partial charge in [0.25, 0.3) is 0 Å². The summed E-state index contributed by atoms with van der Waals surface area (Å²) in [6.07, 6.45) is 7.83. The lowest BCUT2D eigenvalue weighted by atomic mass is 10.1. The van der Waals surface area contributed by atoms with Crippen LogP contribution in [-0.4, -0.2) is 35.4 Å². The van der Waals surface area contributed by atoms with E-state index in [9.17, 15) is 19.8 Å². The maximum atomic E-state index is 11.5. The SMILES string of the molecule is CCCCCCOc1c(C(=O)O)ccc(C(=O)O)c1OCCCCCC. The quantitative estimate of drug-likeness (QED) is 0.450. The minimum Gasteiger partial charge on any atom is -0.489 e. The van der Waals surface area contributed by atoms with Crippen molar-refractivity contribution < 1.29 is 29.3 Å². The highest BCUT2D eigenvalue weighted by atomic mass is 16.5. The van der Waals surface area contributed by atoms with E-state index in [-0.39, 0.29) is 22.6 Å². The second-order valence-electron chi connectivity index (χ2n) is 6.25. The summed E-state index contributed by atoms with van der Waals surface area (Å²) < 4.78 is 11.4. The summed E-state index contributed by atoms with van der Waals surface area (Å²) in [7, 11) is 0. The number of rotatable bonds is 14. The van der Waals surface area contributed by atoms with Gasteiger partial charge in [0.1, 0.15) is 11.1 Å². The Kier molecular flexibility index (Phi) is 10.2. The lowest BCUT2D eigenvalue weighted by Crippen LogP contribution is -2.12. The Labute approximate surface area is 155 Å². The third-order valence-corrected chi connectivity index (χ3v) is 4.06. The van der Waals surface area contributed by atoms with Crippen LogP contribution in [-0.2, 0) is 0 Å². The van der Waals surface area contributed by atoms with Crippen LogP contribution in [0.1, 0.15) is 85.9 Å². The Morgan fingerprint density at radius 2 is 1.12 bits per heavy atom. The van der Waals surface area contributed by atoms with Crippen LogP contribution in [0, 0.1) is 0 Å². The minimum atomic E-state index is -1.17. The molecule has 0 aromatic heterocycles. The molecule has 0 saturated heterocycles. The van der Waals surface area contributed by atoms with Gasteiger partial charge >= 0.3 is 11.9 Å². The van der Waals surface area contributed by atoms with Gasteiger partial charge in [0.05, 0.1) is 13.2 Å². The zero-order valence-corrected chi connectivity index (χ0v) is 15.8. The molecule has 6 heteroatoms. The molecule has 2 N–H and O–H groups in total. The number of aromatic carboxylic acids is 2. The molecule has 0 heterocycles. The van der Waals surface area contributed by atoms with Gasteiger partial charge in [-0.25, -0.2) is 9.59 Å². The zero-order chi connectivity index (χ0) is 19.4. The Morgan fingerprint density at radius 3 is 1.42 bits per heavy atom. The highest BCUT2D eigenvalue weighted by Gasteiger charge is 2.24. The van der Waals surface area contributed by atoms with Crippen LogP contribution in [0.4, 0.5) is 0 Å². The van der Waals surface area contributed by atoms with E-state index >= 15 is 0 Å². The summed E-state index contributed by atoms with van der Waals surface area (Å²) in [6, 6.07) is 2.52. The highest BCUT2D eigenvalue weighted by molar-refractivity contribution is 5.98. The molecule has 0 unspecified atom stereocenters. The zero-order valence-electron chi connectivity index (χ0n) is 15.8. The first-order chi connectivity index (χ1) is 12.5. The number of unbranched alkanes of at least 4 members (excludes halogenated alkanes) is 6. The standard InChI is InChI=1S/C20H30O6/c1-3-5-7-9-13-25-17-15(19(21)22)11-12-16(20(23)24)18(17)26-14-10-8-6-4-2/h11-12H,3-10,13-14H2,1-2H3,(H,21,22)(H,23,24). The third-order valence-electron chi connectivity index (χ3n) is 4.06. The normalized spacial score (nSPS) is 10.5. The van der Waals surface area contributed by atoms with Gasteiger partial charge in [0.15, 0.2) is 11.5 Å². The lowest BCUT2D eigenvalue weighted by molar-refractivity contribution is 0.0671. The first kappa shape index (κ1) is 21.8. The molecule has 0 radical (unpaired) electrons. The number of carbonyl (C=O) groups is 2. The number of benzene rings is 1. The third kappa shape index (κ3) is 6.94. The molecule has 1 rings (SSSR count). The summed E-state index contributed by atoms with van der Waals surface area (Å²) in [5, 5.41) is 18.8.